The van der Waals surface area contributed by atoms with Crippen LogP contribution in [0, 0.1) is 5.92 Å². The van der Waals surface area contributed by atoms with Gasteiger partial charge in [-0.25, -0.2) is 4.79 Å². The lowest BCUT2D eigenvalue weighted by molar-refractivity contribution is -0.139. The van der Waals surface area contributed by atoms with E-state index < -0.39 is 11.9 Å². The summed E-state index contributed by atoms with van der Waals surface area (Å²) in [5, 5.41) is 0. The molecule has 0 aromatic carbocycles. The first-order chi connectivity index (χ1) is 6.47. The van der Waals surface area contributed by atoms with Crippen molar-refractivity contribution >= 4 is 11.9 Å². The van der Waals surface area contributed by atoms with E-state index in [1.807, 2.05) is 13.8 Å². The standard InChI is InChI=1S/C10H16O4/c1-5-13-10(12)6-9(7(2)3)14-8(4)11/h6-7H,5H2,1-4H3. The van der Waals surface area contributed by atoms with E-state index in [-0.39, 0.29) is 5.92 Å². The van der Waals surface area contributed by atoms with Crippen molar-refractivity contribution in [3.05, 3.63) is 11.8 Å². The zero-order valence-electron chi connectivity index (χ0n) is 8.99. The zero-order valence-corrected chi connectivity index (χ0v) is 8.99. The third kappa shape index (κ3) is 5.35. The fourth-order valence-electron chi connectivity index (χ4n) is 0.780. The maximum atomic E-state index is 11.0. The maximum Gasteiger partial charge on any atom is 0.334 e. The summed E-state index contributed by atoms with van der Waals surface area (Å²) in [6.45, 7) is 6.97. The number of hydrogen-bond acceptors (Lipinski definition) is 4. The molecule has 14 heavy (non-hydrogen) atoms. The molecule has 0 rings (SSSR count). The molecule has 0 aliphatic heterocycles. The Kier molecular flexibility index (Phi) is 5.60. The highest BCUT2D eigenvalue weighted by atomic mass is 16.5. The van der Waals surface area contributed by atoms with Gasteiger partial charge in [0.1, 0.15) is 5.76 Å². The van der Waals surface area contributed by atoms with Crippen LogP contribution in [0.3, 0.4) is 0 Å². The van der Waals surface area contributed by atoms with Crippen molar-refractivity contribution in [2.45, 2.75) is 27.7 Å². The van der Waals surface area contributed by atoms with Crippen LogP contribution in [0.1, 0.15) is 27.7 Å². The van der Waals surface area contributed by atoms with Gasteiger partial charge in [-0.1, -0.05) is 13.8 Å². The molecule has 0 saturated heterocycles. The molecule has 0 aliphatic rings. The molecule has 80 valence electrons. The SMILES string of the molecule is CCOC(=O)C=C(OC(C)=O)C(C)C. The topological polar surface area (TPSA) is 52.6 Å². The summed E-state index contributed by atoms with van der Waals surface area (Å²) in [4.78, 5) is 21.7. The molecule has 0 heterocycles. The van der Waals surface area contributed by atoms with Gasteiger partial charge in [0.15, 0.2) is 0 Å². The van der Waals surface area contributed by atoms with Crippen LogP contribution in [0.4, 0.5) is 0 Å². The number of allylic oxidation sites excluding steroid dienone is 1. The third-order valence-corrected chi connectivity index (χ3v) is 1.38. The highest BCUT2D eigenvalue weighted by Gasteiger charge is 2.10. The quantitative estimate of drug-likeness (QED) is 0.393. The molecule has 0 fully saturated rings. The van der Waals surface area contributed by atoms with E-state index in [0.717, 1.165) is 0 Å². The van der Waals surface area contributed by atoms with Crippen molar-refractivity contribution in [3.8, 4) is 0 Å². The molecule has 0 radical (unpaired) electrons. The molecular formula is C10H16O4. The number of hydrogen-bond donors (Lipinski definition) is 0. The molecule has 0 aromatic heterocycles. The molecule has 4 nitrogen and oxygen atoms in total. The third-order valence-electron chi connectivity index (χ3n) is 1.38. The summed E-state index contributed by atoms with van der Waals surface area (Å²) >= 11 is 0. The van der Waals surface area contributed by atoms with Gasteiger partial charge < -0.3 is 9.47 Å². The Balaban J connectivity index is 4.47. The van der Waals surface area contributed by atoms with Gasteiger partial charge >= 0.3 is 11.9 Å². The van der Waals surface area contributed by atoms with Crippen molar-refractivity contribution in [2.24, 2.45) is 5.92 Å². The fraction of sp³-hybridized carbons (Fsp3) is 0.600. The molecule has 0 atom stereocenters. The molecular weight excluding hydrogens is 184 g/mol. The van der Waals surface area contributed by atoms with Crippen LogP contribution < -0.4 is 0 Å². The van der Waals surface area contributed by atoms with Crippen LogP contribution in [0.2, 0.25) is 0 Å². The van der Waals surface area contributed by atoms with E-state index in [9.17, 15) is 9.59 Å². The lowest BCUT2D eigenvalue weighted by Gasteiger charge is -2.09. The number of rotatable bonds is 4. The molecule has 0 unspecified atom stereocenters. The molecule has 0 aliphatic carbocycles. The van der Waals surface area contributed by atoms with Crippen molar-refractivity contribution in [1.29, 1.82) is 0 Å². The van der Waals surface area contributed by atoms with Gasteiger partial charge in [-0.15, -0.1) is 0 Å². The van der Waals surface area contributed by atoms with Crippen LogP contribution in [0.15, 0.2) is 11.8 Å². The van der Waals surface area contributed by atoms with Crippen molar-refractivity contribution in [2.75, 3.05) is 6.61 Å². The van der Waals surface area contributed by atoms with E-state index in [4.69, 9.17) is 9.47 Å². The Morgan fingerprint density at radius 1 is 1.36 bits per heavy atom. The summed E-state index contributed by atoms with van der Waals surface area (Å²) < 4.78 is 9.55. The van der Waals surface area contributed by atoms with Crippen LogP contribution in [-0.4, -0.2) is 18.5 Å². The first kappa shape index (κ1) is 12.7. The number of carbonyl (C=O) groups is 2. The molecule has 0 aromatic rings. The molecule has 0 saturated carbocycles. The van der Waals surface area contributed by atoms with E-state index in [0.29, 0.717) is 12.4 Å². The molecule has 0 bridgehead atoms. The number of carbonyl (C=O) groups excluding carboxylic acids is 2. The second-order valence-corrected chi connectivity index (χ2v) is 3.05. The van der Waals surface area contributed by atoms with Gasteiger partial charge in [0.25, 0.3) is 0 Å². The van der Waals surface area contributed by atoms with E-state index in [2.05, 4.69) is 0 Å². The molecule has 0 amide bonds. The minimum Gasteiger partial charge on any atom is -0.463 e. The van der Waals surface area contributed by atoms with Crippen LogP contribution in [0.25, 0.3) is 0 Å². The first-order valence-electron chi connectivity index (χ1n) is 4.54. The van der Waals surface area contributed by atoms with Crippen LogP contribution >= 0.6 is 0 Å². The Morgan fingerprint density at radius 2 is 1.93 bits per heavy atom. The highest BCUT2D eigenvalue weighted by Crippen LogP contribution is 2.11. The number of ether oxygens (including phenoxy) is 2. The maximum absolute atomic E-state index is 11.0. The summed E-state index contributed by atoms with van der Waals surface area (Å²) in [6, 6.07) is 0. The largest absolute Gasteiger partial charge is 0.463 e. The average molecular weight is 200 g/mol. The smallest absolute Gasteiger partial charge is 0.334 e. The lowest BCUT2D eigenvalue weighted by atomic mass is 10.1. The Bertz CT molecular complexity index is 241. The van der Waals surface area contributed by atoms with Crippen molar-refractivity contribution < 1.29 is 19.1 Å². The summed E-state index contributed by atoms with van der Waals surface area (Å²) in [5.41, 5.74) is 0. The summed E-state index contributed by atoms with van der Waals surface area (Å²) in [6.07, 6.45) is 1.20. The first-order valence-corrected chi connectivity index (χ1v) is 4.54. The molecule has 0 spiro atoms. The Hall–Kier alpha value is -1.32. The molecule has 0 N–H and O–H groups in total. The van der Waals surface area contributed by atoms with Gasteiger partial charge in [0, 0.05) is 12.8 Å². The van der Waals surface area contributed by atoms with E-state index in [1.165, 1.54) is 13.0 Å². The Labute approximate surface area is 83.9 Å². The van der Waals surface area contributed by atoms with E-state index in [1.54, 1.807) is 6.92 Å². The highest BCUT2D eigenvalue weighted by molar-refractivity contribution is 5.83. The van der Waals surface area contributed by atoms with Crippen LogP contribution in [0.5, 0.6) is 0 Å². The predicted molar refractivity (Wildman–Crippen MR) is 51.3 cm³/mol. The van der Waals surface area contributed by atoms with Crippen LogP contribution in [-0.2, 0) is 19.1 Å². The second kappa shape index (κ2) is 6.18. The second-order valence-electron chi connectivity index (χ2n) is 3.05. The van der Waals surface area contributed by atoms with Gasteiger partial charge in [0.05, 0.1) is 12.7 Å². The summed E-state index contributed by atoms with van der Waals surface area (Å²) in [5.74, 6) is -0.619. The monoisotopic (exact) mass is 200 g/mol. The van der Waals surface area contributed by atoms with Gasteiger partial charge in [0.2, 0.25) is 0 Å². The Morgan fingerprint density at radius 3 is 2.29 bits per heavy atom. The fourth-order valence-corrected chi connectivity index (χ4v) is 0.780. The number of esters is 2. The zero-order chi connectivity index (χ0) is 11.1. The minimum absolute atomic E-state index is 0.0247. The van der Waals surface area contributed by atoms with Crippen molar-refractivity contribution in [3.63, 3.8) is 0 Å². The van der Waals surface area contributed by atoms with Gasteiger partial charge in [-0.05, 0) is 6.92 Å². The van der Waals surface area contributed by atoms with Gasteiger partial charge in [-0.3, -0.25) is 4.79 Å². The minimum atomic E-state index is -0.488. The lowest BCUT2D eigenvalue weighted by Crippen LogP contribution is -2.09. The van der Waals surface area contributed by atoms with Gasteiger partial charge in [-0.2, -0.15) is 0 Å². The van der Waals surface area contributed by atoms with E-state index >= 15 is 0 Å². The average Bonchev–Trinajstić information content (AvgIpc) is 2.02. The molecule has 4 heteroatoms. The van der Waals surface area contributed by atoms with Crippen molar-refractivity contribution in [1.82, 2.24) is 0 Å². The summed E-state index contributed by atoms with van der Waals surface area (Å²) in [7, 11) is 0. The normalized spacial score (nSPS) is 11.4. The predicted octanol–water partition coefficient (Wildman–Crippen LogP) is 1.65.